The Morgan fingerprint density at radius 2 is 2.15 bits per heavy atom. The molecule has 20 heavy (non-hydrogen) atoms. The van der Waals surface area contributed by atoms with Gasteiger partial charge >= 0.3 is 0 Å². The zero-order valence-corrected chi connectivity index (χ0v) is 10.7. The predicted octanol–water partition coefficient (Wildman–Crippen LogP) is 1.52. The van der Waals surface area contributed by atoms with Crippen molar-refractivity contribution >= 4 is 5.65 Å². The van der Waals surface area contributed by atoms with Crippen LogP contribution in [0.5, 0.6) is 0 Å². The summed E-state index contributed by atoms with van der Waals surface area (Å²) in [5.74, 6) is 0. The summed E-state index contributed by atoms with van der Waals surface area (Å²) in [6.45, 7) is 0. The van der Waals surface area contributed by atoms with Crippen LogP contribution >= 0.6 is 0 Å². The zero-order valence-electron chi connectivity index (χ0n) is 10.7. The van der Waals surface area contributed by atoms with Crippen LogP contribution in [-0.2, 0) is 7.05 Å². The molecule has 4 aromatic heterocycles. The number of aryl methyl sites for hydroxylation is 1. The van der Waals surface area contributed by atoms with Gasteiger partial charge in [0.25, 0.3) is 0 Å². The van der Waals surface area contributed by atoms with Crippen molar-refractivity contribution in [1.29, 1.82) is 0 Å². The minimum Gasteiger partial charge on any atom is -0.290 e. The molecular weight excluding hydrogens is 254 g/mol. The summed E-state index contributed by atoms with van der Waals surface area (Å²) in [6, 6.07) is 3.83. The third-order valence-corrected chi connectivity index (χ3v) is 3.13. The molecule has 0 aliphatic heterocycles. The summed E-state index contributed by atoms with van der Waals surface area (Å²) in [5.41, 5.74) is 4.39. The highest BCUT2D eigenvalue weighted by Crippen LogP contribution is 2.20. The molecule has 0 aliphatic rings. The first kappa shape index (κ1) is 10.9. The third kappa shape index (κ3) is 1.68. The van der Waals surface area contributed by atoms with E-state index >= 15 is 0 Å². The largest absolute Gasteiger partial charge is 0.290 e. The van der Waals surface area contributed by atoms with Crippen LogP contribution in [0.25, 0.3) is 28.3 Å². The molecule has 1 N–H and O–H groups in total. The highest BCUT2D eigenvalue weighted by molar-refractivity contribution is 5.65. The molecule has 7 heteroatoms. The van der Waals surface area contributed by atoms with E-state index in [1.165, 1.54) is 0 Å². The lowest BCUT2D eigenvalue weighted by Gasteiger charge is -1.96. The molecule has 0 saturated heterocycles. The molecule has 4 aromatic rings. The third-order valence-electron chi connectivity index (χ3n) is 3.13. The van der Waals surface area contributed by atoms with Gasteiger partial charge in [-0.2, -0.15) is 10.2 Å². The molecule has 0 spiro atoms. The Hall–Kier alpha value is -2.96. The molecule has 0 atom stereocenters. The molecule has 4 heterocycles. The van der Waals surface area contributed by atoms with E-state index in [9.17, 15) is 0 Å². The first-order valence-corrected chi connectivity index (χ1v) is 6.13. The summed E-state index contributed by atoms with van der Waals surface area (Å²) in [6.07, 6.45) is 9.10. The number of fused-ring (bicyclic) bond motifs is 1. The van der Waals surface area contributed by atoms with E-state index in [2.05, 4.69) is 25.3 Å². The van der Waals surface area contributed by atoms with E-state index in [1.54, 1.807) is 23.4 Å². The number of hydrogen-bond donors (Lipinski definition) is 1. The Bertz CT molecular complexity index is 869. The lowest BCUT2D eigenvalue weighted by atomic mass is 10.2. The summed E-state index contributed by atoms with van der Waals surface area (Å²) >= 11 is 0. The molecule has 0 radical (unpaired) electrons. The van der Waals surface area contributed by atoms with Crippen molar-refractivity contribution in [2.45, 2.75) is 0 Å². The summed E-state index contributed by atoms with van der Waals surface area (Å²) in [4.78, 5) is 9.00. The van der Waals surface area contributed by atoms with Crippen molar-refractivity contribution < 1.29 is 0 Å². The molecule has 0 bridgehead atoms. The Morgan fingerprint density at radius 3 is 2.90 bits per heavy atom. The van der Waals surface area contributed by atoms with Crippen LogP contribution in [0, 0.1) is 0 Å². The summed E-state index contributed by atoms with van der Waals surface area (Å²) in [7, 11) is 1.88. The molecule has 0 fully saturated rings. The van der Waals surface area contributed by atoms with Gasteiger partial charge in [-0.3, -0.25) is 14.2 Å². The van der Waals surface area contributed by atoms with Crippen LogP contribution in [0.4, 0.5) is 0 Å². The summed E-state index contributed by atoms with van der Waals surface area (Å²) in [5, 5.41) is 11.0. The number of aromatic amines is 1. The minimum absolute atomic E-state index is 0.837. The highest BCUT2D eigenvalue weighted by Gasteiger charge is 2.08. The van der Waals surface area contributed by atoms with Crippen molar-refractivity contribution in [2.24, 2.45) is 7.05 Å². The number of H-pyrrole nitrogens is 1. The van der Waals surface area contributed by atoms with Crippen molar-refractivity contribution in [2.75, 3.05) is 0 Å². The first-order chi connectivity index (χ1) is 9.79. The van der Waals surface area contributed by atoms with Gasteiger partial charge in [0.15, 0.2) is 0 Å². The van der Waals surface area contributed by atoms with E-state index < -0.39 is 0 Å². The lowest BCUT2D eigenvalue weighted by Crippen LogP contribution is -1.88. The highest BCUT2D eigenvalue weighted by atomic mass is 15.2. The topological polar surface area (TPSA) is 76.7 Å². The molecule has 4 rings (SSSR count). The monoisotopic (exact) mass is 265 g/mol. The quantitative estimate of drug-likeness (QED) is 0.596. The molecule has 0 aromatic carbocycles. The van der Waals surface area contributed by atoms with Crippen molar-refractivity contribution in [1.82, 2.24) is 34.3 Å². The van der Waals surface area contributed by atoms with Gasteiger partial charge < -0.3 is 0 Å². The van der Waals surface area contributed by atoms with E-state index in [4.69, 9.17) is 0 Å². The second-order valence-corrected chi connectivity index (χ2v) is 4.54. The first-order valence-electron chi connectivity index (χ1n) is 6.13. The van der Waals surface area contributed by atoms with E-state index in [1.807, 2.05) is 36.0 Å². The fourth-order valence-electron chi connectivity index (χ4n) is 2.13. The molecule has 0 amide bonds. The van der Waals surface area contributed by atoms with Crippen LogP contribution in [0.15, 0.2) is 43.2 Å². The number of hydrogen-bond acceptors (Lipinski definition) is 4. The average Bonchev–Trinajstić information content (AvgIpc) is 3.17. The molecule has 0 aliphatic carbocycles. The maximum Gasteiger partial charge on any atom is 0.140 e. The van der Waals surface area contributed by atoms with Gasteiger partial charge in [0, 0.05) is 37.3 Å². The van der Waals surface area contributed by atoms with Crippen LogP contribution in [-0.4, -0.2) is 34.3 Å². The van der Waals surface area contributed by atoms with Crippen LogP contribution in [0.1, 0.15) is 0 Å². The molecule has 0 unspecified atom stereocenters. The fraction of sp³-hybridized carbons (Fsp3) is 0.0769. The smallest absolute Gasteiger partial charge is 0.140 e. The van der Waals surface area contributed by atoms with Gasteiger partial charge in [0.2, 0.25) is 0 Å². The van der Waals surface area contributed by atoms with Crippen molar-refractivity contribution in [3.05, 3.63) is 43.2 Å². The van der Waals surface area contributed by atoms with E-state index in [0.29, 0.717) is 0 Å². The summed E-state index contributed by atoms with van der Waals surface area (Å²) < 4.78 is 3.64. The van der Waals surface area contributed by atoms with Crippen LogP contribution in [0.3, 0.4) is 0 Å². The van der Waals surface area contributed by atoms with Gasteiger partial charge in [-0.1, -0.05) is 0 Å². The zero-order chi connectivity index (χ0) is 13.5. The van der Waals surface area contributed by atoms with Crippen molar-refractivity contribution in [3.8, 4) is 22.6 Å². The molecule has 7 nitrogen and oxygen atoms in total. The Kier molecular flexibility index (Phi) is 2.19. The maximum atomic E-state index is 4.57. The van der Waals surface area contributed by atoms with Gasteiger partial charge in [0.05, 0.1) is 17.6 Å². The molecule has 0 saturated carbocycles. The van der Waals surface area contributed by atoms with E-state index in [0.717, 1.165) is 28.3 Å². The van der Waals surface area contributed by atoms with Crippen LogP contribution < -0.4 is 0 Å². The molecular formula is C13H11N7. The number of imidazole rings is 1. The maximum absolute atomic E-state index is 4.57. The van der Waals surface area contributed by atoms with Gasteiger partial charge in [-0.15, -0.1) is 0 Å². The predicted molar refractivity (Wildman–Crippen MR) is 72.8 cm³/mol. The van der Waals surface area contributed by atoms with Crippen molar-refractivity contribution in [3.63, 3.8) is 0 Å². The lowest BCUT2D eigenvalue weighted by molar-refractivity contribution is 0.768. The normalized spacial score (nSPS) is 11.2. The Morgan fingerprint density at radius 1 is 1.20 bits per heavy atom. The number of nitrogens with one attached hydrogen (secondary N) is 1. The second kappa shape index (κ2) is 4.02. The van der Waals surface area contributed by atoms with Gasteiger partial charge in [-0.05, 0) is 6.07 Å². The Balaban J connectivity index is 1.83. The van der Waals surface area contributed by atoms with E-state index in [-0.39, 0.29) is 0 Å². The number of rotatable bonds is 2. The average molecular weight is 265 g/mol. The fourth-order valence-corrected chi connectivity index (χ4v) is 2.13. The van der Waals surface area contributed by atoms with Gasteiger partial charge in [0.1, 0.15) is 17.7 Å². The second-order valence-electron chi connectivity index (χ2n) is 4.54. The Labute approximate surface area is 113 Å². The van der Waals surface area contributed by atoms with Crippen LogP contribution in [0.2, 0.25) is 0 Å². The number of nitrogens with zero attached hydrogens (tertiary/aromatic N) is 6. The van der Waals surface area contributed by atoms with Gasteiger partial charge in [-0.25, -0.2) is 9.97 Å². The standard InChI is InChI=1S/C13H11N7/c1-19-6-9(5-16-19)11-4-13-17-12(7-20(13)8-14-11)10-2-3-15-18-10/h2-8H,1H3,(H,15,18). The minimum atomic E-state index is 0.837. The SMILES string of the molecule is Cn1cc(-c2cc3nc(-c4ccn[nH]4)cn3cn2)cn1. The number of aromatic nitrogens is 7. The molecule has 98 valence electrons.